The average molecular weight is 469 g/mol. The molecule has 0 aliphatic carbocycles. The van der Waals surface area contributed by atoms with Crippen LogP contribution in [0.1, 0.15) is 34.2 Å². The summed E-state index contributed by atoms with van der Waals surface area (Å²) in [7, 11) is 0. The lowest BCUT2D eigenvalue weighted by Crippen LogP contribution is -1.97. The summed E-state index contributed by atoms with van der Waals surface area (Å²) in [5.74, 6) is 0. The molecule has 0 amide bonds. The summed E-state index contributed by atoms with van der Waals surface area (Å²) in [6, 6.07) is 13.0. The highest BCUT2D eigenvalue weighted by atomic mass is 14.8. The number of aromatic nitrogens is 6. The van der Waals surface area contributed by atoms with Gasteiger partial charge < -0.3 is 0 Å². The van der Waals surface area contributed by atoms with Crippen LogP contribution in [0.15, 0.2) is 36.4 Å². The molecule has 0 N–H and O–H groups in total. The molecule has 0 bridgehead atoms. The van der Waals surface area contributed by atoms with Gasteiger partial charge in [0.05, 0.1) is 67.3 Å². The van der Waals surface area contributed by atoms with Crippen molar-refractivity contribution in [3.05, 3.63) is 70.6 Å². The van der Waals surface area contributed by atoms with Crippen LogP contribution < -0.4 is 0 Å². The lowest BCUT2D eigenvalue weighted by molar-refractivity contribution is 1.10. The van der Waals surface area contributed by atoms with Gasteiger partial charge >= 0.3 is 0 Å². The molecule has 6 heteroatoms. The molecule has 7 rings (SSSR count). The van der Waals surface area contributed by atoms with Gasteiger partial charge in [-0.15, -0.1) is 0 Å². The summed E-state index contributed by atoms with van der Waals surface area (Å²) in [5, 5.41) is 6.75. The van der Waals surface area contributed by atoms with Crippen molar-refractivity contribution in [2.45, 2.75) is 41.5 Å². The molecular formula is C30H24N6. The van der Waals surface area contributed by atoms with Crippen LogP contribution in [0.4, 0.5) is 0 Å². The summed E-state index contributed by atoms with van der Waals surface area (Å²) in [6.07, 6.45) is 0. The first-order valence-corrected chi connectivity index (χ1v) is 12.1. The second-order valence-corrected chi connectivity index (χ2v) is 9.84. The first-order chi connectivity index (χ1) is 17.3. The summed E-state index contributed by atoms with van der Waals surface area (Å²) in [6.45, 7) is 12.0. The molecule has 36 heavy (non-hydrogen) atoms. The Bertz CT molecular complexity index is 1690. The quantitative estimate of drug-likeness (QED) is 0.179. The molecule has 0 radical (unpaired) electrons. The summed E-state index contributed by atoms with van der Waals surface area (Å²) in [5.41, 5.74) is 11.0. The predicted octanol–water partition coefficient (Wildman–Crippen LogP) is 6.83. The fourth-order valence-electron chi connectivity index (χ4n) is 5.17. The van der Waals surface area contributed by atoms with Gasteiger partial charge in [-0.3, -0.25) is 0 Å². The molecule has 3 heterocycles. The van der Waals surface area contributed by atoms with Gasteiger partial charge in [-0.25, -0.2) is 29.9 Å². The van der Waals surface area contributed by atoms with Gasteiger partial charge in [0.1, 0.15) is 0 Å². The van der Waals surface area contributed by atoms with Gasteiger partial charge in [0.25, 0.3) is 0 Å². The maximum absolute atomic E-state index is 4.86. The SMILES string of the molecule is Cc1nc2cc3c4cc5nc(C)c(C)nc5cc4c4cc5nc(C)c(C)nc5cc4c3cc2nc1C. The van der Waals surface area contributed by atoms with E-state index in [9.17, 15) is 0 Å². The molecule has 3 aromatic heterocycles. The van der Waals surface area contributed by atoms with E-state index >= 15 is 0 Å². The lowest BCUT2D eigenvalue weighted by Gasteiger charge is -2.14. The third kappa shape index (κ3) is 2.90. The molecule has 0 aliphatic heterocycles. The van der Waals surface area contributed by atoms with E-state index in [0.717, 1.165) is 99.6 Å². The van der Waals surface area contributed by atoms with Crippen LogP contribution in [0.5, 0.6) is 0 Å². The van der Waals surface area contributed by atoms with E-state index in [0.29, 0.717) is 0 Å². The number of rotatable bonds is 0. The fourth-order valence-corrected chi connectivity index (χ4v) is 5.17. The molecule has 174 valence electrons. The molecule has 0 fully saturated rings. The number of benzene rings is 4. The van der Waals surface area contributed by atoms with Crippen LogP contribution in [-0.2, 0) is 0 Å². The average Bonchev–Trinajstić information content (AvgIpc) is 2.84. The van der Waals surface area contributed by atoms with Crippen molar-refractivity contribution >= 4 is 65.4 Å². The maximum Gasteiger partial charge on any atom is 0.0896 e. The van der Waals surface area contributed by atoms with E-state index < -0.39 is 0 Å². The van der Waals surface area contributed by atoms with Crippen molar-refractivity contribution < 1.29 is 0 Å². The molecule has 6 nitrogen and oxygen atoms in total. The van der Waals surface area contributed by atoms with Crippen molar-refractivity contribution in [1.29, 1.82) is 0 Å². The molecule has 0 aliphatic rings. The third-order valence-electron chi connectivity index (χ3n) is 7.51. The Balaban J connectivity index is 1.76. The van der Waals surface area contributed by atoms with Gasteiger partial charge in [0.2, 0.25) is 0 Å². The number of fused-ring (bicyclic) bond motifs is 9. The van der Waals surface area contributed by atoms with Crippen LogP contribution in [0.2, 0.25) is 0 Å². The van der Waals surface area contributed by atoms with Crippen LogP contribution in [0, 0.1) is 41.5 Å². The largest absolute Gasteiger partial charge is 0.250 e. The Morgan fingerprint density at radius 2 is 0.417 bits per heavy atom. The van der Waals surface area contributed by atoms with Crippen molar-refractivity contribution in [3.8, 4) is 0 Å². The Morgan fingerprint density at radius 1 is 0.278 bits per heavy atom. The Labute approximate surface area is 207 Å². The van der Waals surface area contributed by atoms with Crippen LogP contribution in [-0.4, -0.2) is 29.9 Å². The van der Waals surface area contributed by atoms with Gasteiger partial charge in [0.15, 0.2) is 0 Å². The number of hydrogen-bond donors (Lipinski definition) is 0. The second-order valence-electron chi connectivity index (χ2n) is 9.84. The number of nitrogens with zero attached hydrogens (tertiary/aromatic N) is 6. The predicted molar refractivity (Wildman–Crippen MR) is 147 cm³/mol. The highest BCUT2D eigenvalue weighted by Gasteiger charge is 2.16. The highest BCUT2D eigenvalue weighted by Crippen LogP contribution is 2.39. The molecule has 0 unspecified atom stereocenters. The van der Waals surface area contributed by atoms with E-state index in [1.54, 1.807) is 0 Å². The van der Waals surface area contributed by atoms with Crippen molar-refractivity contribution in [3.63, 3.8) is 0 Å². The van der Waals surface area contributed by atoms with Crippen molar-refractivity contribution in [2.24, 2.45) is 0 Å². The molecule has 0 spiro atoms. The molecular weight excluding hydrogens is 444 g/mol. The molecule has 0 saturated carbocycles. The Kier molecular flexibility index (Phi) is 4.14. The molecule has 4 aromatic carbocycles. The minimum absolute atomic E-state index is 0.893. The normalized spacial score (nSPS) is 12.2. The van der Waals surface area contributed by atoms with Gasteiger partial charge in [-0.05, 0) is 110 Å². The molecule has 0 atom stereocenters. The Morgan fingerprint density at radius 3 is 0.556 bits per heavy atom. The minimum Gasteiger partial charge on any atom is -0.250 e. The smallest absolute Gasteiger partial charge is 0.0896 e. The first-order valence-electron chi connectivity index (χ1n) is 12.1. The first kappa shape index (κ1) is 21.0. The van der Waals surface area contributed by atoms with Crippen LogP contribution in [0.25, 0.3) is 65.4 Å². The van der Waals surface area contributed by atoms with E-state index in [-0.39, 0.29) is 0 Å². The lowest BCUT2D eigenvalue weighted by atomic mass is 9.92. The van der Waals surface area contributed by atoms with E-state index in [4.69, 9.17) is 29.9 Å². The van der Waals surface area contributed by atoms with Crippen LogP contribution >= 0.6 is 0 Å². The Hall–Kier alpha value is -4.32. The zero-order valence-electron chi connectivity index (χ0n) is 21.1. The second kappa shape index (κ2) is 7.10. The van der Waals surface area contributed by atoms with Crippen LogP contribution in [0.3, 0.4) is 0 Å². The maximum atomic E-state index is 4.86. The standard InChI is InChI=1S/C30H24N6/c1-13-14(2)32-26-8-20-19(7-25(26)31-13)21-9-27-29(35-16(4)15(3)33-27)11-23(21)24-12-30-28(10-22(20)24)34-17(5)18(6)36-30/h7-12H,1-6H3. The number of aryl methyl sites for hydroxylation is 6. The van der Waals surface area contributed by atoms with E-state index in [1.807, 2.05) is 41.5 Å². The summed E-state index contributed by atoms with van der Waals surface area (Å²) < 4.78 is 0. The summed E-state index contributed by atoms with van der Waals surface area (Å²) in [4.78, 5) is 29.2. The zero-order valence-corrected chi connectivity index (χ0v) is 21.1. The third-order valence-corrected chi connectivity index (χ3v) is 7.51. The van der Waals surface area contributed by atoms with E-state index in [1.165, 1.54) is 0 Å². The molecule has 7 aromatic rings. The minimum atomic E-state index is 0.893. The summed E-state index contributed by atoms with van der Waals surface area (Å²) >= 11 is 0. The zero-order chi connectivity index (χ0) is 24.9. The van der Waals surface area contributed by atoms with Crippen molar-refractivity contribution in [1.82, 2.24) is 29.9 Å². The van der Waals surface area contributed by atoms with Gasteiger partial charge in [-0.2, -0.15) is 0 Å². The van der Waals surface area contributed by atoms with Gasteiger partial charge in [0, 0.05) is 0 Å². The number of hydrogen-bond acceptors (Lipinski definition) is 6. The monoisotopic (exact) mass is 468 g/mol. The topological polar surface area (TPSA) is 77.3 Å². The van der Waals surface area contributed by atoms with Crippen molar-refractivity contribution in [2.75, 3.05) is 0 Å². The molecule has 0 saturated heterocycles. The van der Waals surface area contributed by atoms with E-state index in [2.05, 4.69) is 36.4 Å². The van der Waals surface area contributed by atoms with Gasteiger partial charge in [-0.1, -0.05) is 0 Å². The fraction of sp³-hybridized carbons (Fsp3) is 0.200. The highest BCUT2D eigenvalue weighted by molar-refractivity contribution is 6.29.